The molecule has 0 amide bonds. The van der Waals surface area contributed by atoms with Gasteiger partial charge >= 0.3 is 0 Å². The van der Waals surface area contributed by atoms with E-state index in [1.54, 1.807) is 12.3 Å². The smallest absolute Gasteiger partial charge is 0.242 e. The van der Waals surface area contributed by atoms with E-state index in [-0.39, 0.29) is 4.66 Å². The maximum absolute atomic E-state index is 11.3. The van der Waals surface area contributed by atoms with E-state index in [0.717, 1.165) is 18.9 Å². The average Bonchev–Trinajstić information content (AvgIpc) is 2.83. The molecule has 0 radical (unpaired) electrons. The maximum Gasteiger partial charge on any atom is 0.242 e. The van der Waals surface area contributed by atoms with Crippen molar-refractivity contribution in [3.05, 3.63) is 18.3 Å². The van der Waals surface area contributed by atoms with Gasteiger partial charge in [-0.2, -0.15) is 0 Å². The third-order valence-corrected chi connectivity index (χ3v) is 5.24. The van der Waals surface area contributed by atoms with Crippen LogP contribution in [0.5, 0.6) is 0 Å². The second-order valence-electron chi connectivity index (χ2n) is 3.93. The van der Waals surface area contributed by atoms with E-state index >= 15 is 0 Å². The Bertz CT molecular complexity index is 469. The molecule has 2 rings (SSSR count). The molecule has 0 bridgehead atoms. The normalized spacial score (nSPS) is 16.2. The molecule has 1 aliphatic rings. The van der Waals surface area contributed by atoms with Crippen molar-refractivity contribution in [2.24, 2.45) is 0 Å². The lowest BCUT2D eigenvalue weighted by Gasteiger charge is -2.16. The molecule has 1 saturated heterocycles. The number of hydrogen-bond acceptors (Lipinski definition) is 4. The zero-order chi connectivity index (χ0) is 12.3. The van der Waals surface area contributed by atoms with E-state index in [1.165, 1.54) is 12.8 Å². The number of alkyl halides is 1. The van der Waals surface area contributed by atoms with Gasteiger partial charge in [0.05, 0.1) is 11.9 Å². The van der Waals surface area contributed by atoms with E-state index in [9.17, 15) is 8.42 Å². The molecule has 1 aromatic heterocycles. The summed E-state index contributed by atoms with van der Waals surface area (Å²) in [4.78, 5) is 6.46. The van der Waals surface area contributed by atoms with Crippen LogP contribution in [0.25, 0.3) is 0 Å². The summed E-state index contributed by atoms with van der Waals surface area (Å²) in [7, 11) is -3.29. The molecule has 0 aromatic carbocycles. The van der Waals surface area contributed by atoms with Crippen LogP contribution in [-0.2, 0) is 10.0 Å². The summed E-state index contributed by atoms with van der Waals surface area (Å²) < 4.78 is 24.9. The topological polar surface area (TPSA) is 62.3 Å². The van der Waals surface area contributed by atoms with Gasteiger partial charge in [-0.1, -0.05) is 15.9 Å². The summed E-state index contributed by atoms with van der Waals surface area (Å²) in [6.07, 6.45) is 3.94. The van der Waals surface area contributed by atoms with Crippen LogP contribution in [0.3, 0.4) is 0 Å². The highest BCUT2D eigenvalue weighted by Crippen LogP contribution is 2.19. The Morgan fingerprint density at radius 3 is 2.59 bits per heavy atom. The molecule has 0 saturated carbocycles. The van der Waals surface area contributed by atoms with Crippen molar-refractivity contribution >= 4 is 37.5 Å². The molecule has 1 aromatic rings. The minimum atomic E-state index is -3.29. The van der Waals surface area contributed by atoms with Crippen molar-refractivity contribution in [2.75, 3.05) is 27.4 Å². The van der Waals surface area contributed by atoms with E-state index in [0.29, 0.717) is 5.69 Å². The summed E-state index contributed by atoms with van der Waals surface area (Å²) in [5, 5.41) is 0. The van der Waals surface area contributed by atoms with Gasteiger partial charge in [-0.15, -0.1) is 0 Å². The molecule has 0 aliphatic carbocycles. The molecule has 5 nitrogen and oxygen atoms in total. The van der Waals surface area contributed by atoms with Crippen LogP contribution in [0.15, 0.2) is 18.3 Å². The van der Waals surface area contributed by atoms with Crippen LogP contribution in [0.4, 0.5) is 11.5 Å². The Labute approximate surface area is 109 Å². The predicted molar refractivity (Wildman–Crippen MR) is 72.0 cm³/mol. The van der Waals surface area contributed by atoms with Crippen molar-refractivity contribution in [1.29, 1.82) is 0 Å². The van der Waals surface area contributed by atoms with Gasteiger partial charge in [0.15, 0.2) is 0 Å². The van der Waals surface area contributed by atoms with E-state index in [4.69, 9.17) is 0 Å². The van der Waals surface area contributed by atoms with Gasteiger partial charge in [0.2, 0.25) is 10.0 Å². The van der Waals surface area contributed by atoms with Gasteiger partial charge in [0.25, 0.3) is 0 Å². The summed E-state index contributed by atoms with van der Waals surface area (Å²) in [5.41, 5.74) is 0.493. The Balaban J connectivity index is 2.07. The minimum absolute atomic E-state index is 0.117. The van der Waals surface area contributed by atoms with Gasteiger partial charge in [0, 0.05) is 13.1 Å². The lowest BCUT2D eigenvalue weighted by atomic mass is 10.4. The molecule has 1 fully saturated rings. The predicted octanol–water partition coefficient (Wildman–Crippen LogP) is 1.78. The van der Waals surface area contributed by atoms with Crippen molar-refractivity contribution in [1.82, 2.24) is 4.98 Å². The van der Waals surface area contributed by atoms with E-state index < -0.39 is 10.0 Å². The highest BCUT2D eigenvalue weighted by atomic mass is 79.9. The van der Waals surface area contributed by atoms with Crippen molar-refractivity contribution in [2.45, 2.75) is 12.8 Å². The SMILES string of the molecule is O=S(=O)(CBr)Nc1ccc(N2CCCC2)nc1. The third-order valence-electron chi connectivity index (χ3n) is 2.59. The Morgan fingerprint density at radius 1 is 1.35 bits per heavy atom. The summed E-state index contributed by atoms with van der Waals surface area (Å²) in [5.74, 6) is 0.907. The standard InChI is InChI=1S/C10H14BrN3O2S/c11-8-17(15,16)13-9-3-4-10(12-7-9)14-5-1-2-6-14/h3-4,7,13H,1-2,5-6,8H2. The largest absolute Gasteiger partial charge is 0.357 e. The fourth-order valence-electron chi connectivity index (χ4n) is 1.79. The molecule has 7 heteroatoms. The summed E-state index contributed by atoms with van der Waals surface area (Å²) >= 11 is 2.92. The molecule has 2 heterocycles. The molecule has 1 N–H and O–H groups in total. The molecule has 0 atom stereocenters. The molecule has 94 valence electrons. The first-order valence-corrected chi connectivity index (χ1v) is 8.15. The van der Waals surface area contributed by atoms with Crippen molar-refractivity contribution in [3.8, 4) is 0 Å². The first-order chi connectivity index (χ1) is 8.11. The summed E-state index contributed by atoms with van der Waals surface area (Å²) in [6, 6.07) is 3.58. The molecule has 0 unspecified atom stereocenters. The first kappa shape index (κ1) is 12.6. The Kier molecular flexibility index (Phi) is 3.88. The Hall–Kier alpha value is -0.820. The van der Waals surface area contributed by atoms with E-state index in [1.807, 2.05) is 6.07 Å². The van der Waals surface area contributed by atoms with Gasteiger partial charge in [-0.05, 0) is 25.0 Å². The number of rotatable bonds is 4. The second-order valence-corrected chi connectivity index (χ2v) is 6.95. The Morgan fingerprint density at radius 2 is 2.06 bits per heavy atom. The van der Waals surface area contributed by atoms with Gasteiger partial charge in [0.1, 0.15) is 10.5 Å². The monoisotopic (exact) mass is 319 g/mol. The lowest BCUT2D eigenvalue weighted by Crippen LogP contribution is -2.19. The number of pyridine rings is 1. The van der Waals surface area contributed by atoms with Crippen molar-refractivity contribution in [3.63, 3.8) is 0 Å². The van der Waals surface area contributed by atoms with Gasteiger partial charge < -0.3 is 4.90 Å². The van der Waals surface area contributed by atoms with Crippen LogP contribution < -0.4 is 9.62 Å². The number of sulfonamides is 1. The molecule has 1 aliphatic heterocycles. The first-order valence-electron chi connectivity index (χ1n) is 5.38. The molecule has 0 spiro atoms. The highest BCUT2D eigenvalue weighted by molar-refractivity contribution is 9.10. The van der Waals surface area contributed by atoms with E-state index in [2.05, 4.69) is 30.5 Å². The van der Waals surface area contributed by atoms with Gasteiger partial charge in [-0.3, -0.25) is 4.72 Å². The molecular formula is C10H14BrN3O2S. The average molecular weight is 320 g/mol. The highest BCUT2D eigenvalue weighted by Gasteiger charge is 2.13. The number of hydrogen-bond donors (Lipinski definition) is 1. The van der Waals surface area contributed by atoms with Crippen LogP contribution in [-0.4, -0.2) is 31.2 Å². The number of anilines is 2. The zero-order valence-electron chi connectivity index (χ0n) is 9.26. The minimum Gasteiger partial charge on any atom is -0.357 e. The van der Waals surface area contributed by atoms with Crippen LogP contribution in [0.1, 0.15) is 12.8 Å². The second kappa shape index (κ2) is 5.22. The fourth-order valence-corrected chi connectivity index (χ4v) is 2.66. The summed E-state index contributed by atoms with van der Waals surface area (Å²) in [6.45, 7) is 2.05. The number of nitrogens with zero attached hydrogens (tertiary/aromatic N) is 2. The van der Waals surface area contributed by atoms with Crippen LogP contribution in [0, 0.1) is 0 Å². The van der Waals surface area contributed by atoms with Crippen LogP contribution >= 0.6 is 15.9 Å². The van der Waals surface area contributed by atoms with Crippen LogP contribution in [0.2, 0.25) is 0 Å². The number of nitrogens with one attached hydrogen (secondary N) is 1. The zero-order valence-corrected chi connectivity index (χ0v) is 11.7. The number of halogens is 1. The quantitative estimate of drug-likeness (QED) is 0.859. The molecule has 17 heavy (non-hydrogen) atoms. The number of aromatic nitrogens is 1. The van der Waals surface area contributed by atoms with Gasteiger partial charge in [-0.25, -0.2) is 13.4 Å². The third kappa shape index (κ3) is 3.32. The maximum atomic E-state index is 11.3. The van der Waals surface area contributed by atoms with Crippen molar-refractivity contribution < 1.29 is 8.42 Å². The lowest BCUT2D eigenvalue weighted by molar-refractivity contribution is 0.606. The molecular weight excluding hydrogens is 306 g/mol. The fraction of sp³-hybridized carbons (Fsp3) is 0.500.